The van der Waals surface area contributed by atoms with Crippen molar-refractivity contribution in [3.05, 3.63) is 87.9 Å². The highest BCUT2D eigenvalue weighted by Crippen LogP contribution is 2.22. The molecule has 4 aromatic heterocycles. The van der Waals surface area contributed by atoms with Gasteiger partial charge in [-0.25, -0.2) is 19.9 Å². The largest absolute Gasteiger partial charge is 0.384 e. The fourth-order valence-electron chi connectivity index (χ4n) is 6.65. The number of halogens is 1. The molecule has 5 N–H and O–H groups in total. The summed E-state index contributed by atoms with van der Waals surface area (Å²) in [6.07, 6.45) is 17.3. The SMILES string of the molecule is C1CCNCC1.N#Cc1cnc(Nc2cc(C(=O)N3CCNCC3)ccn2)s1.Nc1cc(C(=O)N2CCCCC2)ccn1.O=C(c1ccnc(Cl)c1)N1CCCCC1. The van der Waals surface area contributed by atoms with Gasteiger partial charge in [-0.15, -0.1) is 0 Å². The van der Waals surface area contributed by atoms with E-state index in [1.807, 2.05) is 20.8 Å². The number of piperidine rings is 3. The van der Waals surface area contributed by atoms with Crippen molar-refractivity contribution in [3.63, 3.8) is 0 Å². The second-order valence-electron chi connectivity index (χ2n) is 14.1. The summed E-state index contributed by atoms with van der Waals surface area (Å²) in [4.78, 5) is 58.6. The Kier molecular flexibility index (Phi) is 18.1. The van der Waals surface area contributed by atoms with Gasteiger partial charge in [0, 0.05) is 87.6 Å². The summed E-state index contributed by atoms with van der Waals surface area (Å²) in [6.45, 7) is 9.00. The highest BCUT2D eigenvalue weighted by atomic mass is 35.5. The summed E-state index contributed by atoms with van der Waals surface area (Å²) in [7, 11) is 0. The lowest BCUT2D eigenvalue weighted by Gasteiger charge is -2.27. The summed E-state index contributed by atoms with van der Waals surface area (Å²) < 4.78 is 0. The van der Waals surface area contributed by atoms with E-state index in [-0.39, 0.29) is 17.7 Å². The van der Waals surface area contributed by atoms with Crippen LogP contribution in [0.1, 0.15) is 93.7 Å². The van der Waals surface area contributed by atoms with Gasteiger partial charge in [-0.1, -0.05) is 29.4 Å². The summed E-state index contributed by atoms with van der Waals surface area (Å²) in [5, 5.41) is 19.3. The molecule has 0 atom stereocenters. The third-order valence-corrected chi connectivity index (χ3v) is 10.8. The number of rotatable bonds is 5. The number of nitrogen functional groups attached to an aromatic ring is 1. The highest BCUT2D eigenvalue weighted by molar-refractivity contribution is 7.16. The third kappa shape index (κ3) is 14.3. The Balaban J connectivity index is 0.000000158. The first-order valence-corrected chi connectivity index (χ1v) is 21.2. The van der Waals surface area contributed by atoms with Crippen molar-refractivity contribution < 1.29 is 14.4 Å². The minimum Gasteiger partial charge on any atom is -0.384 e. The van der Waals surface area contributed by atoms with Gasteiger partial charge in [-0.3, -0.25) is 14.4 Å². The Morgan fingerprint density at radius 1 is 0.655 bits per heavy atom. The predicted octanol–water partition coefficient (Wildman–Crippen LogP) is 5.61. The number of thiazole rings is 1. The van der Waals surface area contributed by atoms with Crippen LogP contribution in [0.4, 0.5) is 16.8 Å². The number of amides is 3. The molecule has 0 radical (unpaired) electrons. The van der Waals surface area contributed by atoms with Gasteiger partial charge in [-0.2, -0.15) is 5.26 Å². The van der Waals surface area contributed by atoms with Crippen molar-refractivity contribution >= 4 is 57.4 Å². The first-order chi connectivity index (χ1) is 28.3. The number of nitrogens with two attached hydrogens (primary N) is 1. The van der Waals surface area contributed by atoms with Crippen molar-refractivity contribution in [1.29, 1.82) is 5.26 Å². The first-order valence-electron chi connectivity index (χ1n) is 20.0. The number of hydrogen-bond donors (Lipinski definition) is 4. The maximum Gasteiger partial charge on any atom is 0.254 e. The molecular formula is C41H53ClN12O3S. The third-order valence-electron chi connectivity index (χ3n) is 9.76. The van der Waals surface area contributed by atoms with Crippen molar-refractivity contribution in [3.8, 4) is 6.07 Å². The number of pyridine rings is 3. The number of nitriles is 1. The highest BCUT2D eigenvalue weighted by Gasteiger charge is 2.20. The van der Waals surface area contributed by atoms with Crippen molar-refractivity contribution in [2.45, 2.75) is 57.8 Å². The molecule has 0 aliphatic carbocycles. The number of nitrogens with one attached hydrogen (secondary N) is 3. The molecule has 0 aromatic carbocycles. The standard InChI is InChI=1S/C14H14N6OS.C11H13ClN2O.C11H15N3O.C5H11N/c15-8-11-9-18-14(22-11)19-12-7-10(1-2-17-12)13(21)20-5-3-16-4-6-20;2*12-10-8-9(4-5-13-10)11(15)14-6-2-1-3-7-14;1-2-4-6-5-3-1/h1-2,7,9,16H,3-6H2,(H,17,18,19);4-5,8H,1-3,6-7H2;4-5,8H,1-3,6-7H2,(H2,12,13);6H,1-5H2. The number of anilines is 3. The van der Waals surface area contributed by atoms with Crippen LogP contribution in [0.5, 0.6) is 0 Å². The number of likely N-dealkylation sites (tertiary alicyclic amines) is 2. The summed E-state index contributed by atoms with van der Waals surface area (Å²) in [5.74, 6) is 1.09. The molecule has 17 heteroatoms. The molecule has 4 aliphatic heterocycles. The molecule has 4 aliphatic rings. The van der Waals surface area contributed by atoms with Crippen LogP contribution in [-0.2, 0) is 0 Å². The minimum absolute atomic E-state index is 0.00352. The molecule has 4 aromatic rings. The lowest BCUT2D eigenvalue weighted by Crippen LogP contribution is -2.46. The van der Waals surface area contributed by atoms with Crippen LogP contribution in [0.3, 0.4) is 0 Å². The second-order valence-corrected chi connectivity index (χ2v) is 15.5. The zero-order chi connectivity index (χ0) is 41.0. The molecule has 0 unspecified atom stereocenters. The van der Waals surface area contributed by atoms with Crippen LogP contribution >= 0.6 is 22.9 Å². The van der Waals surface area contributed by atoms with E-state index in [0.29, 0.717) is 56.6 Å². The molecule has 4 fully saturated rings. The second kappa shape index (κ2) is 23.9. The van der Waals surface area contributed by atoms with Gasteiger partial charge in [0.1, 0.15) is 27.7 Å². The lowest BCUT2D eigenvalue weighted by molar-refractivity contribution is 0.0717. The van der Waals surface area contributed by atoms with E-state index in [2.05, 4.69) is 35.9 Å². The monoisotopic (exact) mass is 828 g/mol. The van der Waals surface area contributed by atoms with Crippen molar-refractivity contribution in [1.82, 2.24) is 45.3 Å². The molecule has 8 heterocycles. The van der Waals surface area contributed by atoms with Gasteiger partial charge < -0.3 is 36.4 Å². The smallest absolute Gasteiger partial charge is 0.254 e. The van der Waals surface area contributed by atoms with Crippen molar-refractivity contribution in [2.75, 3.05) is 76.5 Å². The van der Waals surface area contributed by atoms with Gasteiger partial charge in [0.25, 0.3) is 17.7 Å². The van der Waals surface area contributed by atoms with Crippen LogP contribution in [-0.4, -0.2) is 118 Å². The van der Waals surface area contributed by atoms with Crippen LogP contribution in [0, 0.1) is 11.3 Å². The molecular weight excluding hydrogens is 776 g/mol. The molecule has 0 spiro atoms. The van der Waals surface area contributed by atoms with E-state index in [4.69, 9.17) is 22.6 Å². The van der Waals surface area contributed by atoms with E-state index in [0.717, 1.165) is 65.0 Å². The van der Waals surface area contributed by atoms with E-state index in [1.54, 1.807) is 55.0 Å². The Morgan fingerprint density at radius 2 is 1.16 bits per heavy atom. The van der Waals surface area contributed by atoms with Gasteiger partial charge in [0.2, 0.25) is 0 Å². The number of hydrogen-bond acceptors (Lipinski definition) is 13. The number of piperazine rings is 1. The Morgan fingerprint density at radius 3 is 1.66 bits per heavy atom. The average molecular weight is 829 g/mol. The molecule has 4 saturated heterocycles. The van der Waals surface area contributed by atoms with Gasteiger partial charge in [-0.05, 0) is 101 Å². The summed E-state index contributed by atoms with van der Waals surface area (Å²) in [6, 6.07) is 12.1. The Hall–Kier alpha value is -5.21. The minimum atomic E-state index is 0.00352. The first kappa shape index (κ1) is 43.9. The lowest BCUT2D eigenvalue weighted by atomic mass is 10.1. The van der Waals surface area contributed by atoms with Gasteiger partial charge >= 0.3 is 0 Å². The quantitative estimate of drug-likeness (QED) is 0.182. The molecule has 0 saturated carbocycles. The van der Waals surface area contributed by atoms with Gasteiger partial charge in [0.05, 0.1) is 6.20 Å². The van der Waals surface area contributed by atoms with Crippen LogP contribution in [0.2, 0.25) is 5.15 Å². The number of carbonyl (C=O) groups is 3. The average Bonchev–Trinajstić information content (AvgIpc) is 3.75. The fraction of sp³-hybridized carbons (Fsp3) is 0.463. The molecule has 58 heavy (non-hydrogen) atoms. The van der Waals surface area contributed by atoms with Crippen LogP contribution in [0.25, 0.3) is 0 Å². The zero-order valence-electron chi connectivity index (χ0n) is 32.9. The Bertz CT molecular complexity index is 1870. The molecule has 8 rings (SSSR count). The normalized spacial score (nSPS) is 16.4. The van der Waals surface area contributed by atoms with Crippen LogP contribution < -0.4 is 21.7 Å². The van der Waals surface area contributed by atoms with Crippen LogP contribution in [0.15, 0.2) is 61.2 Å². The fourth-order valence-corrected chi connectivity index (χ4v) is 7.45. The molecule has 3 amide bonds. The van der Waals surface area contributed by atoms with E-state index in [9.17, 15) is 14.4 Å². The molecule has 15 nitrogen and oxygen atoms in total. The predicted molar refractivity (Wildman–Crippen MR) is 227 cm³/mol. The number of aromatic nitrogens is 4. The maximum absolute atomic E-state index is 12.4. The number of carbonyl (C=O) groups excluding carboxylic acids is 3. The van der Waals surface area contributed by atoms with Gasteiger partial charge in [0.15, 0.2) is 5.13 Å². The van der Waals surface area contributed by atoms with E-state index < -0.39 is 0 Å². The number of nitrogens with zero attached hydrogens (tertiary/aromatic N) is 8. The zero-order valence-corrected chi connectivity index (χ0v) is 34.4. The maximum atomic E-state index is 12.4. The van der Waals surface area contributed by atoms with E-state index in [1.165, 1.54) is 62.7 Å². The summed E-state index contributed by atoms with van der Waals surface area (Å²) >= 11 is 6.99. The topological polar surface area (TPSA) is 198 Å². The summed E-state index contributed by atoms with van der Waals surface area (Å²) in [5.41, 5.74) is 7.42. The van der Waals surface area contributed by atoms with Crippen molar-refractivity contribution in [2.24, 2.45) is 0 Å². The molecule has 0 bridgehead atoms. The van der Waals surface area contributed by atoms with E-state index >= 15 is 0 Å². The molecule has 308 valence electrons. The Labute approximate surface area is 349 Å².